The molecule has 0 unspecified atom stereocenters. The average molecular weight is 287 g/mol. The summed E-state index contributed by atoms with van der Waals surface area (Å²) in [6.45, 7) is 0. The van der Waals surface area contributed by atoms with E-state index >= 15 is 0 Å². The van der Waals surface area contributed by atoms with Crippen LogP contribution in [0.3, 0.4) is 0 Å². The Labute approximate surface area is 126 Å². The van der Waals surface area contributed by atoms with E-state index in [1.807, 2.05) is 48.6 Å². The molecule has 1 aromatic rings. The van der Waals surface area contributed by atoms with Crippen molar-refractivity contribution in [1.29, 1.82) is 10.9 Å². The molecule has 0 amide bonds. The van der Waals surface area contributed by atoms with E-state index in [0.717, 1.165) is 22.3 Å². The van der Waals surface area contributed by atoms with Crippen molar-refractivity contribution in [1.82, 2.24) is 0 Å². The number of hydrogen-bond donors (Lipinski definition) is 1. The third-order valence-corrected chi connectivity index (χ3v) is 3.39. The molecular weight excluding hydrogens is 276 g/mol. The lowest BCUT2D eigenvalue weighted by Crippen LogP contribution is -2.12. The molecule has 2 aliphatic rings. The van der Waals surface area contributed by atoms with Crippen LogP contribution >= 0.6 is 0 Å². The molecule has 6 nitrogen and oxygen atoms in total. The van der Waals surface area contributed by atoms with E-state index in [1.165, 1.54) is 0 Å². The average Bonchev–Trinajstić information content (AvgIpc) is 2.56. The first-order valence-corrected chi connectivity index (χ1v) is 6.59. The van der Waals surface area contributed by atoms with Crippen molar-refractivity contribution in [3.05, 3.63) is 76.4 Å². The van der Waals surface area contributed by atoms with Crippen molar-refractivity contribution in [2.75, 3.05) is 0 Å². The molecule has 0 spiro atoms. The smallest absolute Gasteiger partial charge is 0.185 e. The second kappa shape index (κ2) is 5.89. The van der Waals surface area contributed by atoms with Gasteiger partial charge in [0.05, 0.1) is 5.71 Å². The minimum absolute atomic E-state index is 0.522. The molecule has 0 fully saturated rings. The third-order valence-electron chi connectivity index (χ3n) is 3.39. The van der Waals surface area contributed by atoms with Crippen molar-refractivity contribution >= 4 is 23.1 Å². The number of fused-ring (bicyclic) bond motifs is 1. The number of hydrogen-bond acceptors (Lipinski definition) is 4. The van der Waals surface area contributed by atoms with Gasteiger partial charge in [-0.1, -0.05) is 53.8 Å². The molecule has 0 aliphatic heterocycles. The van der Waals surface area contributed by atoms with Crippen molar-refractivity contribution in [2.24, 2.45) is 15.4 Å². The lowest BCUT2D eigenvalue weighted by atomic mass is 9.85. The van der Waals surface area contributed by atoms with E-state index < -0.39 is 0 Å². The number of nitrogens with one attached hydrogen (secondary N) is 1. The number of diazo groups is 1. The number of benzene rings is 1. The summed E-state index contributed by atoms with van der Waals surface area (Å²) in [5.74, 6) is 0. The summed E-state index contributed by atoms with van der Waals surface area (Å²) in [4.78, 5) is 0. The molecular formula is C16H11N6+. The van der Waals surface area contributed by atoms with Gasteiger partial charge in [0, 0.05) is 11.1 Å². The molecule has 104 valence electrons. The van der Waals surface area contributed by atoms with Gasteiger partial charge in [-0.15, -0.1) is 5.10 Å². The summed E-state index contributed by atoms with van der Waals surface area (Å²) < 4.78 is 0. The normalized spacial score (nSPS) is 22.7. The molecule has 1 aromatic carbocycles. The summed E-state index contributed by atoms with van der Waals surface area (Å²) in [6, 6.07) is 7.85. The van der Waals surface area contributed by atoms with Gasteiger partial charge in [-0.05, 0) is 23.3 Å². The predicted molar refractivity (Wildman–Crippen MR) is 85.8 cm³/mol. The highest BCUT2D eigenvalue weighted by atomic mass is 15.3. The monoisotopic (exact) mass is 287 g/mol. The summed E-state index contributed by atoms with van der Waals surface area (Å²) in [5.41, 5.74) is 11.6. The summed E-state index contributed by atoms with van der Waals surface area (Å²) in [7, 11) is 0. The first-order chi connectivity index (χ1) is 10.8. The lowest BCUT2D eigenvalue weighted by Gasteiger charge is -2.18. The molecule has 0 atom stereocenters. The van der Waals surface area contributed by atoms with Crippen LogP contribution in [0.1, 0.15) is 11.1 Å². The predicted octanol–water partition coefficient (Wildman–Crippen LogP) is 4.19. The maximum absolute atomic E-state index is 8.82. The fourth-order valence-corrected chi connectivity index (χ4v) is 2.50. The minimum Gasteiger partial charge on any atom is -0.185 e. The Hall–Kier alpha value is -3.46. The highest BCUT2D eigenvalue weighted by Gasteiger charge is 2.24. The second-order valence-electron chi connectivity index (χ2n) is 4.59. The Morgan fingerprint density at radius 2 is 1.77 bits per heavy atom. The maximum atomic E-state index is 8.82. The van der Waals surface area contributed by atoms with Crippen molar-refractivity contribution in [3.63, 3.8) is 0 Å². The van der Waals surface area contributed by atoms with Gasteiger partial charge in [0.25, 0.3) is 5.39 Å². The molecule has 22 heavy (non-hydrogen) atoms. The molecule has 1 N–H and O–H groups in total. The van der Waals surface area contributed by atoms with Crippen LogP contribution in [0.15, 0.2) is 75.6 Å². The summed E-state index contributed by atoms with van der Waals surface area (Å²) in [6.07, 6.45) is 11.0. The Morgan fingerprint density at radius 3 is 2.59 bits per heavy atom. The molecule has 0 saturated carbocycles. The van der Waals surface area contributed by atoms with Crippen LogP contribution < -0.4 is 0 Å². The van der Waals surface area contributed by atoms with Crippen LogP contribution in [0, 0.1) is 10.9 Å². The van der Waals surface area contributed by atoms with E-state index in [9.17, 15) is 0 Å². The molecule has 0 bridgehead atoms. The van der Waals surface area contributed by atoms with Crippen LogP contribution in [-0.2, 0) is 0 Å². The van der Waals surface area contributed by atoms with Gasteiger partial charge >= 0.3 is 5.08 Å². The zero-order chi connectivity index (χ0) is 15.4. The summed E-state index contributed by atoms with van der Waals surface area (Å²) >= 11 is 0. The minimum atomic E-state index is 0.522. The highest BCUT2D eigenvalue weighted by Crippen LogP contribution is 2.32. The van der Waals surface area contributed by atoms with Gasteiger partial charge < -0.3 is 0 Å². The van der Waals surface area contributed by atoms with Gasteiger partial charge in [0.15, 0.2) is 10.8 Å². The van der Waals surface area contributed by atoms with Gasteiger partial charge in [0.1, 0.15) is 0 Å². The van der Waals surface area contributed by atoms with E-state index in [-0.39, 0.29) is 0 Å². The topological polar surface area (TPSA) is 89.1 Å². The highest BCUT2D eigenvalue weighted by molar-refractivity contribution is 6.38. The first-order valence-electron chi connectivity index (χ1n) is 6.59. The Bertz CT molecular complexity index is 859. The molecule has 3 rings (SSSR count). The van der Waals surface area contributed by atoms with E-state index in [0.29, 0.717) is 11.4 Å². The van der Waals surface area contributed by atoms with Crippen molar-refractivity contribution in [3.8, 4) is 0 Å². The number of allylic oxidation sites excluding steroid dienone is 7. The standard InChI is InChI=1S/C16H11N6/c17-21-19-14-8-4-3-7-13(14)16-12-6-2-1-5-11(12)9-10-15(16)20-22-18/h1-10,17H/q+1. The quantitative estimate of drug-likeness (QED) is 0.468. The summed E-state index contributed by atoms with van der Waals surface area (Å²) in [5, 5.41) is 22.5. The maximum Gasteiger partial charge on any atom is 0.339 e. The lowest BCUT2D eigenvalue weighted by molar-refractivity contribution is 0.991. The van der Waals surface area contributed by atoms with Crippen LogP contribution in [0.2, 0.25) is 0 Å². The first kappa shape index (κ1) is 13.5. The Morgan fingerprint density at radius 1 is 0.955 bits per heavy atom. The molecule has 0 saturated heterocycles. The van der Waals surface area contributed by atoms with E-state index in [1.54, 1.807) is 12.2 Å². The SMILES string of the molecule is N#[N+]N=C1C=Cc2ccccc2C1=C1C=CC=CC1=NN=N. The van der Waals surface area contributed by atoms with Crippen LogP contribution in [0.25, 0.3) is 16.7 Å². The van der Waals surface area contributed by atoms with Crippen molar-refractivity contribution in [2.45, 2.75) is 0 Å². The van der Waals surface area contributed by atoms with Crippen LogP contribution in [-0.4, -0.2) is 11.4 Å². The van der Waals surface area contributed by atoms with Gasteiger partial charge in [-0.3, -0.25) is 0 Å². The van der Waals surface area contributed by atoms with Gasteiger partial charge in [-0.2, -0.15) is 5.53 Å². The zero-order valence-corrected chi connectivity index (χ0v) is 11.5. The van der Waals surface area contributed by atoms with Crippen molar-refractivity contribution < 1.29 is 0 Å². The zero-order valence-electron chi connectivity index (χ0n) is 11.5. The molecule has 2 aliphatic carbocycles. The third kappa shape index (κ3) is 2.31. The fraction of sp³-hybridized carbons (Fsp3) is 0. The fourth-order valence-electron chi connectivity index (χ4n) is 2.50. The molecule has 0 aromatic heterocycles. The number of rotatable bonds is 1. The van der Waals surface area contributed by atoms with Crippen LogP contribution in [0.5, 0.6) is 0 Å². The largest absolute Gasteiger partial charge is 0.339 e. The molecule has 0 radical (unpaired) electrons. The van der Waals surface area contributed by atoms with Gasteiger partial charge in [-0.25, -0.2) is 0 Å². The van der Waals surface area contributed by atoms with Crippen LogP contribution in [0.4, 0.5) is 0 Å². The van der Waals surface area contributed by atoms with E-state index in [4.69, 9.17) is 10.9 Å². The van der Waals surface area contributed by atoms with E-state index in [2.05, 4.69) is 20.5 Å². The Balaban J connectivity index is 2.34. The number of nitrogens with zero attached hydrogens (tertiary/aromatic N) is 5. The van der Waals surface area contributed by atoms with Gasteiger partial charge in [0.2, 0.25) is 0 Å². The Kier molecular flexibility index (Phi) is 3.62. The molecule has 0 heterocycles. The molecule has 6 heteroatoms. The second-order valence-corrected chi connectivity index (χ2v) is 4.59.